The fraction of sp³-hybridized carbons (Fsp3) is 0.368. The third-order valence-electron chi connectivity index (χ3n) is 5.23. The van der Waals surface area contributed by atoms with Gasteiger partial charge in [-0.1, -0.05) is 6.07 Å². The van der Waals surface area contributed by atoms with Crippen molar-refractivity contribution in [1.82, 2.24) is 10.3 Å². The normalized spacial score (nSPS) is 23.7. The number of carbonyl (C=O) groups is 1. The molecule has 0 bridgehead atoms. The van der Waals surface area contributed by atoms with Crippen LogP contribution in [0.1, 0.15) is 30.4 Å². The van der Waals surface area contributed by atoms with E-state index in [4.69, 9.17) is 4.74 Å². The molecule has 2 N–H and O–H groups in total. The molecular weight excluding hydrogens is 336 g/mol. The highest BCUT2D eigenvalue weighted by atomic mass is 32.1. The summed E-state index contributed by atoms with van der Waals surface area (Å²) in [6.07, 6.45) is 5.73. The van der Waals surface area contributed by atoms with Crippen LogP contribution in [0.2, 0.25) is 0 Å². The quantitative estimate of drug-likeness (QED) is 0.780. The number of fused-ring (bicyclic) bond motifs is 1. The van der Waals surface area contributed by atoms with Crippen LogP contribution in [0.5, 0.6) is 5.75 Å². The van der Waals surface area contributed by atoms with E-state index in [9.17, 15) is 9.59 Å². The van der Waals surface area contributed by atoms with Crippen LogP contribution in [0.3, 0.4) is 0 Å². The molecule has 3 aliphatic rings. The van der Waals surface area contributed by atoms with Gasteiger partial charge in [0, 0.05) is 12.1 Å². The Morgan fingerprint density at radius 2 is 2.12 bits per heavy atom. The molecule has 2 aromatic rings. The number of hydrogen-bond acceptors (Lipinski definition) is 5. The monoisotopic (exact) mass is 354 g/mol. The molecule has 1 saturated heterocycles. The first kappa shape index (κ1) is 15.1. The van der Waals surface area contributed by atoms with Crippen molar-refractivity contribution < 1.29 is 9.53 Å². The van der Waals surface area contributed by atoms with Crippen molar-refractivity contribution in [2.75, 3.05) is 13.2 Å². The second-order valence-electron chi connectivity index (χ2n) is 6.96. The molecule has 0 radical (unpaired) electrons. The lowest BCUT2D eigenvalue weighted by atomic mass is 10.0. The number of rotatable bonds is 1. The molecule has 1 aromatic carbocycles. The first-order chi connectivity index (χ1) is 12.1. The van der Waals surface area contributed by atoms with Crippen LogP contribution in [-0.2, 0) is 11.2 Å². The van der Waals surface area contributed by atoms with Crippen LogP contribution in [0.25, 0.3) is 11.6 Å². The number of aryl methyl sites for hydroxylation is 1. The number of benzene rings is 1. The van der Waals surface area contributed by atoms with Crippen molar-refractivity contribution in [2.45, 2.75) is 31.2 Å². The molecule has 0 atom stereocenters. The molecular formula is C19H18N2O3S. The van der Waals surface area contributed by atoms with Gasteiger partial charge in [-0.25, -0.2) is 0 Å². The number of ketones is 1. The Bertz CT molecular complexity index is 1060. The highest BCUT2D eigenvalue weighted by molar-refractivity contribution is 7.07. The van der Waals surface area contributed by atoms with Gasteiger partial charge in [0.05, 0.1) is 16.7 Å². The van der Waals surface area contributed by atoms with Crippen LogP contribution in [0, 0.1) is 0 Å². The SMILES string of the molecule is O=C1/C(=c2\[nH]c(=O)/c(=C/c3ccc4c(c3)CCCO4)s2)CNC12CC2. The lowest BCUT2D eigenvalue weighted by Gasteiger charge is -2.17. The Labute approximate surface area is 148 Å². The van der Waals surface area contributed by atoms with E-state index >= 15 is 0 Å². The Hall–Kier alpha value is -2.18. The van der Waals surface area contributed by atoms with Crippen LogP contribution in [0.4, 0.5) is 0 Å². The van der Waals surface area contributed by atoms with E-state index in [1.54, 1.807) is 0 Å². The molecule has 5 rings (SSSR count). The van der Waals surface area contributed by atoms with E-state index in [0.717, 1.165) is 49.2 Å². The van der Waals surface area contributed by atoms with Crippen LogP contribution in [-0.4, -0.2) is 29.5 Å². The average Bonchev–Trinajstić information content (AvgIpc) is 3.23. The second kappa shape index (κ2) is 5.41. The summed E-state index contributed by atoms with van der Waals surface area (Å²) >= 11 is 1.37. The highest BCUT2D eigenvalue weighted by Gasteiger charge is 2.54. The maximum Gasteiger partial charge on any atom is 0.266 e. The number of hydrogen-bond donors (Lipinski definition) is 2. The number of H-pyrrole nitrogens is 1. The first-order valence-electron chi connectivity index (χ1n) is 8.64. The molecule has 25 heavy (non-hydrogen) atoms. The van der Waals surface area contributed by atoms with E-state index in [1.807, 2.05) is 18.2 Å². The Morgan fingerprint density at radius 3 is 2.92 bits per heavy atom. The number of carbonyl (C=O) groups excluding carboxylic acids is 1. The van der Waals surface area contributed by atoms with Crippen molar-refractivity contribution in [3.63, 3.8) is 0 Å². The Kier molecular flexibility index (Phi) is 3.27. The average molecular weight is 354 g/mol. The number of aromatic nitrogens is 1. The summed E-state index contributed by atoms with van der Waals surface area (Å²) in [5, 5.41) is 3.29. The fourth-order valence-corrected chi connectivity index (χ4v) is 4.61. The lowest BCUT2D eigenvalue weighted by molar-refractivity contribution is -0.115. The Morgan fingerprint density at radius 1 is 1.24 bits per heavy atom. The minimum atomic E-state index is -0.321. The molecule has 2 fully saturated rings. The molecule has 2 aliphatic heterocycles. The van der Waals surface area contributed by atoms with E-state index in [-0.39, 0.29) is 16.9 Å². The van der Waals surface area contributed by atoms with Gasteiger partial charge in [0.1, 0.15) is 10.4 Å². The number of nitrogens with one attached hydrogen (secondary N) is 2. The lowest BCUT2D eigenvalue weighted by Crippen LogP contribution is -2.29. The molecule has 0 unspecified atom stereocenters. The molecule has 3 heterocycles. The summed E-state index contributed by atoms with van der Waals surface area (Å²) in [5.74, 6) is 1.10. The minimum Gasteiger partial charge on any atom is -0.493 e. The van der Waals surface area contributed by atoms with Gasteiger partial charge < -0.3 is 15.0 Å². The van der Waals surface area contributed by atoms with E-state index in [1.165, 1.54) is 16.9 Å². The minimum absolute atomic E-state index is 0.133. The molecule has 128 valence electrons. The van der Waals surface area contributed by atoms with Gasteiger partial charge >= 0.3 is 0 Å². The third-order valence-corrected chi connectivity index (χ3v) is 6.31. The summed E-state index contributed by atoms with van der Waals surface area (Å²) in [4.78, 5) is 27.7. The summed E-state index contributed by atoms with van der Waals surface area (Å²) in [5.41, 5.74) is 2.44. The zero-order valence-corrected chi connectivity index (χ0v) is 14.5. The molecule has 1 aromatic heterocycles. The molecule has 0 amide bonds. The molecule has 6 heteroatoms. The van der Waals surface area contributed by atoms with Crippen molar-refractivity contribution in [1.29, 1.82) is 0 Å². The van der Waals surface area contributed by atoms with Crippen molar-refractivity contribution in [3.05, 3.63) is 48.9 Å². The molecule has 1 aliphatic carbocycles. The smallest absolute Gasteiger partial charge is 0.266 e. The summed E-state index contributed by atoms with van der Waals surface area (Å²) in [6, 6.07) is 6.03. The van der Waals surface area contributed by atoms with Gasteiger partial charge in [-0.15, -0.1) is 11.3 Å². The van der Waals surface area contributed by atoms with Crippen LogP contribution < -0.4 is 24.8 Å². The number of aromatic amines is 1. The van der Waals surface area contributed by atoms with Gasteiger partial charge in [-0.2, -0.15) is 0 Å². The van der Waals surface area contributed by atoms with Gasteiger partial charge in [-0.05, 0) is 55.0 Å². The predicted molar refractivity (Wildman–Crippen MR) is 96.4 cm³/mol. The topological polar surface area (TPSA) is 71.2 Å². The second-order valence-corrected chi connectivity index (χ2v) is 8.01. The van der Waals surface area contributed by atoms with Gasteiger partial charge in [-0.3, -0.25) is 9.59 Å². The molecule has 1 saturated carbocycles. The number of ether oxygens (including phenoxy) is 1. The van der Waals surface area contributed by atoms with Gasteiger partial charge in [0.2, 0.25) is 0 Å². The van der Waals surface area contributed by atoms with E-state index in [0.29, 0.717) is 15.7 Å². The van der Waals surface area contributed by atoms with E-state index < -0.39 is 0 Å². The van der Waals surface area contributed by atoms with Crippen molar-refractivity contribution in [3.8, 4) is 5.75 Å². The first-order valence-corrected chi connectivity index (χ1v) is 9.46. The van der Waals surface area contributed by atoms with Crippen molar-refractivity contribution >= 4 is 28.8 Å². The highest BCUT2D eigenvalue weighted by Crippen LogP contribution is 2.41. The summed E-state index contributed by atoms with van der Waals surface area (Å²) in [6.45, 7) is 1.32. The number of thiazole rings is 1. The Balaban J connectivity index is 1.57. The zero-order chi connectivity index (χ0) is 17.0. The standard InChI is InChI=1S/C19H18N2O3S/c22-16-13(10-20-19(16)5-6-19)18-21-17(23)15(25-18)9-11-3-4-14-12(8-11)2-1-7-24-14/h3-4,8-9,20H,1-2,5-7,10H2,(H,21,23)/b15-9-,18-13+. The maximum absolute atomic E-state index is 12.5. The zero-order valence-electron chi connectivity index (χ0n) is 13.7. The summed E-state index contributed by atoms with van der Waals surface area (Å²) in [7, 11) is 0. The fourth-order valence-electron chi connectivity index (χ4n) is 3.62. The summed E-state index contributed by atoms with van der Waals surface area (Å²) < 4.78 is 6.96. The predicted octanol–water partition coefficient (Wildman–Crippen LogP) is 0.446. The van der Waals surface area contributed by atoms with E-state index in [2.05, 4.69) is 16.4 Å². The van der Waals surface area contributed by atoms with Crippen molar-refractivity contribution in [2.24, 2.45) is 0 Å². The van der Waals surface area contributed by atoms with Gasteiger partial charge in [0.15, 0.2) is 5.78 Å². The third kappa shape index (κ3) is 2.48. The largest absolute Gasteiger partial charge is 0.493 e. The van der Waals surface area contributed by atoms with Crippen LogP contribution >= 0.6 is 11.3 Å². The molecule has 5 nitrogen and oxygen atoms in total. The van der Waals surface area contributed by atoms with Gasteiger partial charge in [0.25, 0.3) is 5.56 Å². The molecule has 1 spiro atoms. The number of Topliss-reactive ketones (excluding diaryl/α,β-unsaturated/α-hetero) is 1. The van der Waals surface area contributed by atoms with Crippen LogP contribution in [0.15, 0.2) is 23.0 Å². The maximum atomic E-state index is 12.5.